The summed E-state index contributed by atoms with van der Waals surface area (Å²) < 4.78 is 20.1. The lowest BCUT2D eigenvalue weighted by Gasteiger charge is -2.30. The Kier molecular flexibility index (Phi) is 7.88. The summed E-state index contributed by atoms with van der Waals surface area (Å²) in [6, 6.07) is 13.6. The van der Waals surface area contributed by atoms with Crippen LogP contribution < -0.4 is 10.1 Å². The molecule has 1 aromatic heterocycles. The van der Waals surface area contributed by atoms with Crippen LogP contribution in [-0.2, 0) is 0 Å². The topological polar surface area (TPSA) is 59.4 Å². The summed E-state index contributed by atoms with van der Waals surface area (Å²) in [6.45, 7) is 7.96. The van der Waals surface area contributed by atoms with Crippen LogP contribution in [-0.4, -0.2) is 47.3 Å². The van der Waals surface area contributed by atoms with Gasteiger partial charge in [-0.15, -0.1) is 0 Å². The first-order valence-corrected chi connectivity index (χ1v) is 10.9. The van der Waals surface area contributed by atoms with Gasteiger partial charge in [-0.05, 0) is 62.0 Å². The second kappa shape index (κ2) is 10.6. The van der Waals surface area contributed by atoms with Gasteiger partial charge in [0.1, 0.15) is 16.7 Å². The second-order valence-corrected chi connectivity index (χ2v) is 7.72. The Balaban J connectivity index is 1.84. The summed E-state index contributed by atoms with van der Waals surface area (Å²) in [5, 5.41) is 7.59. The highest BCUT2D eigenvalue weighted by molar-refractivity contribution is 6.33. The highest BCUT2D eigenvalue weighted by Gasteiger charge is 2.24. The fourth-order valence-electron chi connectivity index (χ4n) is 3.76. The molecule has 0 aliphatic rings. The quantitative estimate of drug-likeness (QED) is 0.500. The summed E-state index contributed by atoms with van der Waals surface area (Å²) in [7, 11) is 1.64. The molecule has 3 rings (SSSR count). The molecule has 2 aromatic carbocycles. The lowest BCUT2D eigenvalue weighted by atomic mass is 10.0. The number of carbonyl (C=O) groups excluding carboxylic acids is 1. The maximum absolute atomic E-state index is 13.3. The molecule has 1 unspecified atom stereocenters. The van der Waals surface area contributed by atoms with Crippen molar-refractivity contribution >= 4 is 17.5 Å². The van der Waals surface area contributed by atoms with Gasteiger partial charge in [-0.25, -0.2) is 9.07 Å². The molecule has 1 heterocycles. The third-order valence-electron chi connectivity index (χ3n) is 5.49. The normalized spacial score (nSPS) is 12.1. The molecular weight excluding hydrogens is 431 g/mol. The van der Waals surface area contributed by atoms with Gasteiger partial charge in [0.15, 0.2) is 0 Å². The zero-order chi connectivity index (χ0) is 23.3. The van der Waals surface area contributed by atoms with Crippen LogP contribution >= 0.6 is 11.6 Å². The maximum Gasteiger partial charge on any atom is 0.256 e. The Bertz CT molecular complexity index is 1060. The predicted octanol–water partition coefficient (Wildman–Crippen LogP) is 4.79. The Morgan fingerprint density at radius 1 is 1.22 bits per heavy atom. The van der Waals surface area contributed by atoms with E-state index in [4.69, 9.17) is 16.3 Å². The van der Waals surface area contributed by atoms with E-state index >= 15 is 0 Å². The average Bonchev–Trinajstić information content (AvgIpc) is 3.10. The highest BCUT2D eigenvalue weighted by atomic mass is 35.5. The van der Waals surface area contributed by atoms with Crippen LogP contribution in [0.5, 0.6) is 5.75 Å². The largest absolute Gasteiger partial charge is 0.497 e. The monoisotopic (exact) mass is 458 g/mol. The number of nitrogens with zero attached hydrogens (tertiary/aromatic N) is 3. The smallest absolute Gasteiger partial charge is 0.256 e. The SMILES string of the molecule is CCN(CC)C(CNC(=O)c1c(C)nn(-c2ccc(F)cc2)c1Cl)c1cccc(OC)c1. The highest BCUT2D eigenvalue weighted by Crippen LogP contribution is 2.26. The number of amides is 1. The van der Waals surface area contributed by atoms with E-state index in [2.05, 4.69) is 29.2 Å². The van der Waals surface area contributed by atoms with Crippen molar-refractivity contribution in [2.45, 2.75) is 26.8 Å². The molecule has 0 radical (unpaired) electrons. The molecule has 8 heteroatoms. The van der Waals surface area contributed by atoms with Crippen LogP contribution in [0.25, 0.3) is 5.69 Å². The number of aromatic nitrogens is 2. The summed E-state index contributed by atoms with van der Waals surface area (Å²) in [5.74, 6) is 0.109. The number of rotatable bonds is 9. The predicted molar refractivity (Wildman–Crippen MR) is 124 cm³/mol. The Morgan fingerprint density at radius 2 is 1.91 bits per heavy atom. The molecule has 0 aliphatic heterocycles. The molecule has 32 heavy (non-hydrogen) atoms. The lowest BCUT2D eigenvalue weighted by molar-refractivity contribution is 0.0934. The maximum atomic E-state index is 13.3. The number of ether oxygens (including phenoxy) is 1. The summed E-state index contributed by atoms with van der Waals surface area (Å²) in [6.07, 6.45) is 0. The van der Waals surface area contributed by atoms with Gasteiger partial charge in [-0.2, -0.15) is 5.10 Å². The van der Waals surface area contributed by atoms with Crippen molar-refractivity contribution in [3.63, 3.8) is 0 Å². The van der Waals surface area contributed by atoms with Gasteiger partial charge in [0.25, 0.3) is 5.91 Å². The van der Waals surface area contributed by atoms with Crippen molar-refractivity contribution in [3.8, 4) is 11.4 Å². The van der Waals surface area contributed by atoms with Crippen LogP contribution in [0.1, 0.15) is 41.5 Å². The van der Waals surface area contributed by atoms with Gasteiger partial charge in [-0.3, -0.25) is 9.69 Å². The number of carbonyl (C=O) groups is 1. The minimum atomic E-state index is -0.355. The second-order valence-electron chi connectivity index (χ2n) is 7.36. The number of aryl methyl sites for hydroxylation is 1. The number of halogens is 2. The van der Waals surface area contributed by atoms with Crippen LogP contribution in [0.15, 0.2) is 48.5 Å². The van der Waals surface area contributed by atoms with Crippen molar-refractivity contribution in [3.05, 3.63) is 76.3 Å². The van der Waals surface area contributed by atoms with Gasteiger partial charge >= 0.3 is 0 Å². The molecular formula is C24H28ClFN4O2. The molecule has 1 amide bonds. The van der Waals surface area contributed by atoms with E-state index in [1.165, 1.54) is 16.8 Å². The minimum absolute atomic E-state index is 0.0322. The van der Waals surface area contributed by atoms with Crippen molar-refractivity contribution in [1.82, 2.24) is 20.0 Å². The van der Waals surface area contributed by atoms with Gasteiger partial charge in [0, 0.05) is 6.54 Å². The van der Waals surface area contributed by atoms with E-state index in [0.29, 0.717) is 23.5 Å². The molecule has 0 saturated carbocycles. The van der Waals surface area contributed by atoms with E-state index in [0.717, 1.165) is 24.4 Å². The third-order valence-corrected chi connectivity index (χ3v) is 5.84. The first kappa shape index (κ1) is 23.8. The van der Waals surface area contributed by atoms with E-state index in [-0.39, 0.29) is 22.9 Å². The first-order valence-electron chi connectivity index (χ1n) is 10.6. The van der Waals surface area contributed by atoms with Crippen LogP contribution in [0.4, 0.5) is 4.39 Å². The molecule has 6 nitrogen and oxygen atoms in total. The minimum Gasteiger partial charge on any atom is -0.497 e. The molecule has 0 fully saturated rings. The molecule has 0 bridgehead atoms. The van der Waals surface area contributed by atoms with Gasteiger partial charge < -0.3 is 10.1 Å². The zero-order valence-corrected chi connectivity index (χ0v) is 19.5. The number of hydrogen-bond donors (Lipinski definition) is 1. The zero-order valence-electron chi connectivity index (χ0n) is 18.7. The molecule has 1 atom stereocenters. The number of hydrogen-bond acceptors (Lipinski definition) is 4. The van der Waals surface area contributed by atoms with Gasteiger partial charge in [-0.1, -0.05) is 37.6 Å². The standard InChI is InChI=1S/C24H28ClFN4O2/c1-5-29(6-2)21(17-8-7-9-20(14-17)32-4)15-27-24(31)22-16(3)28-30(23(22)25)19-12-10-18(26)11-13-19/h7-14,21H,5-6,15H2,1-4H3,(H,27,31). The van der Waals surface area contributed by atoms with Gasteiger partial charge in [0.2, 0.25) is 0 Å². The van der Waals surface area contributed by atoms with Gasteiger partial charge in [0.05, 0.1) is 30.1 Å². The van der Waals surface area contributed by atoms with E-state index in [9.17, 15) is 9.18 Å². The Hall–Kier alpha value is -2.90. The number of likely N-dealkylation sites (N-methyl/N-ethyl adjacent to an activating group) is 1. The summed E-state index contributed by atoms with van der Waals surface area (Å²) in [5.41, 5.74) is 2.44. The Morgan fingerprint density at radius 3 is 2.53 bits per heavy atom. The molecule has 0 spiro atoms. The fourth-order valence-corrected chi connectivity index (χ4v) is 4.12. The molecule has 1 N–H and O–H groups in total. The van der Waals surface area contributed by atoms with Crippen molar-refractivity contribution in [2.75, 3.05) is 26.7 Å². The van der Waals surface area contributed by atoms with Crippen molar-refractivity contribution in [1.29, 1.82) is 0 Å². The third kappa shape index (κ3) is 5.11. The van der Waals surface area contributed by atoms with E-state index < -0.39 is 0 Å². The van der Waals surface area contributed by atoms with Crippen molar-refractivity contribution < 1.29 is 13.9 Å². The summed E-state index contributed by atoms with van der Waals surface area (Å²) >= 11 is 6.51. The molecule has 0 saturated heterocycles. The average molecular weight is 459 g/mol. The first-order chi connectivity index (χ1) is 15.4. The van der Waals surface area contributed by atoms with Crippen molar-refractivity contribution in [2.24, 2.45) is 0 Å². The van der Waals surface area contributed by atoms with Crippen LogP contribution in [0.3, 0.4) is 0 Å². The van der Waals surface area contributed by atoms with E-state index in [1.807, 2.05) is 24.3 Å². The van der Waals surface area contributed by atoms with Crippen LogP contribution in [0, 0.1) is 12.7 Å². The fraction of sp³-hybridized carbons (Fsp3) is 0.333. The Labute approximate surface area is 192 Å². The number of benzene rings is 2. The lowest BCUT2D eigenvalue weighted by Crippen LogP contribution is -2.38. The van der Waals surface area contributed by atoms with E-state index in [1.54, 1.807) is 26.2 Å². The number of nitrogens with one attached hydrogen (secondary N) is 1. The van der Waals surface area contributed by atoms with Crippen LogP contribution in [0.2, 0.25) is 5.15 Å². The summed E-state index contributed by atoms with van der Waals surface area (Å²) in [4.78, 5) is 15.4. The number of methoxy groups -OCH3 is 1. The molecule has 170 valence electrons. The molecule has 3 aromatic rings. The molecule has 0 aliphatic carbocycles.